The van der Waals surface area contributed by atoms with E-state index in [1.54, 1.807) is 0 Å². The molecule has 0 radical (unpaired) electrons. The lowest BCUT2D eigenvalue weighted by atomic mass is 10.1. The lowest BCUT2D eigenvalue weighted by molar-refractivity contribution is 0.301. The minimum absolute atomic E-state index is 0.310. The summed E-state index contributed by atoms with van der Waals surface area (Å²) in [5.41, 5.74) is 1.33. The molecule has 1 aliphatic heterocycles. The van der Waals surface area contributed by atoms with Gasteiger partial charge in [0, 0.05) is 5.92 Å². The second-order valence-corrected chi connectivity index (χ2v) is 4.28. The Kier molecular flexibility index (Phi) is 3.05. The van der Waals surface area contributed by atoms with Crippen molar-refractivity contribution >= 4 is 5.90 Å². The molecule has 2 rings (SSSR count). The molecular formula is C13H17NO. The van der Waals surface area contributed by atoms with Crippen LogP contribution in [0.1, 0.15) is 19.4 Å². The van der Waals surface area contributed by atoms with Gasteiger partial charge < -0.3 is 4.74 Å². The zero-order valence-electron chi connectivity index (χ0n) is 9.31. The minimum Gasteiger partial charge on any atom is -0.478 e. The summed E-state index contributed by atoms with van der Waals surface area (Å²) >= 11 is 0. The first-order valence-electron chi connectivity index (χ1n) is 5.50. The first kappa shape index (κ1) is 10.2. The number of aliphatic imine (C=N–C) groups is 1. The van der Waals surface area contributed by atoms with Crippen LogP contribution in [0.15, 0.2) is 35.3 Å². The molecule has 0 spiro atoms. The summed E-state index contributed by atoms with van der Waals surface area (Å²) in [4.78, 5) is 4.58. The van der Waals surface area contributed by atoms with Gasteiger partial charge in [-0.1, -0.05) is 44.2 Å². The van der Waals surface area contributed by atoms with Crippen LogP contribution in [0.25, 0.3) is 0 Å². The fourth-order valence-corrected chi connectivity index (χ4v) is 1.74. The van der Waals surface area contributed by atoms with Gasteiger partial charge in [-0.2, -0.15) is 0 Å². The highest BCUT2D eigenvalue weighted by molar-refractivity contribution is 5.79. The van der Waals surface area contributed by atoms with Crippen LogP contribution < -0.4 is 0 Å². The third kappa shape index (κ3) is 2.58. The summed E-state index contributed by atoms with van der Waals surface area (Å²) < 4.78 is 5.55. The van der Waals surface area contributed by atoms with Crippen LogP contribution in [0.5, 0.6) is 0 Å². The fourth-order valence-electron chi connectivity index (χ4n) is 1.74. The molecule has 0 saturated heterocycles. The third-order valence-corrected chi connectivity index (χ3v) is 2.54. The van der Waals surface area contributed by atoms with E-state index >= 15 is 0 Å². The van der Waals surface area contributed by atoms with Crippen molar-refractivity contribution < 1.29 is 4.74 Å². The summed E-state index contributed by atoms with van der Waals surface area (Å²) in [5, 5.41) is 0. The number of ether oxygens (including phenoxy) is 1. The molecule has 0 amide bonds. The summed E-state index contributed by atoms with van der Waals surface area (Å²) in [6, 6.07) is 10.8. The molecule has 0 fully saturated rings. The van der Waals surface area contributed by atoms with E-state index in [0.29, 0.717) is 12.0 Å². The summed E-state index contributed by atoms with van der Waals surface area (Å²) in [5.74, 6) is 1.32. The highest BCUT2D eigenvalue weighted by atomic mass is 16.5. The van der Waals surface area contributed by atoms with Gasteiger partial charge in [-0.15, -0.1) is 0 Å². The van der Waals surface area contributed by atoms with Crippen molar-refractivity contribution in [3.63, 3.8) is 0 Å². The molecule has 1 aromatic rings. The predicted octanol–water partition coefficient (Wildman–Crippen LogP) is 2.68. The second kappa shape index (κ2) is 4.47. The van der Waals surface area contributed by atoms with Crippen molar-refractivity contribution in [1.82, 2.24) is 0 Å². The van der Waals surface area contributed by atoms with E-state index in [4.69, 9.17) is 4.74 Å². The van der Waals surface area contributed by atoms with Gasteiger partial charge in [0.15, 0.2) is 5.90 Å². The average molecular weight is 203 g/mol. The van der Waals surface area contributed by atoms with E-state index < -0.39 is 0 Å². The molecule has 1 heterocycles. The van der Waals surface area contributed by atoms with Crippen molar-refractivity contribution in [3.05, 3.63) is 35.9 Å². The zero-order chi connectivity index (χ0) is 10.7. The summed E-state index contributed by atoms with van der Waals surface area (Å²) in [6.07, 6.45) is 0.983. The molecule has 0 aromatic heterocycles. The predicted molar refractivity (Wildman–Crippen MR) is 62.2 cm³/mol. The van der Waals surface area contributed by atoms with Crippen molar-refractivity contribution in [2.45, 2.75) is 26.3 Å². The molecule has 0 saturated carbocycles. The normalized spacial score (nSPS) is 20.2. The highest BCUT2D eigenvalue weighted by Gasteiger charge is 2.20. The Hall–Kier alpha value is -1.31. The van der Waals surface area contributed by atoms with Crippen LogP contribution in [0.2, 0.25) is 0 Å². The molecule has 0 bridgehead atoms. The molecule has 1 atom stereocenters. The number of hydrogen-bond acceptors (Lipinski definition) is 2. The molecule has 0 N–H and O–H groups in total. The van der Waals surface area contributed by atoms with Crippen LogP contribution in [0, 0.1) is 5.92 Å². The van der Waals surface area contributed by atoms with E-state index in [2.05, 4.69) is 43.1 Å². The van der Waals surface area contributed by atoms with E-state index in [-0.39, 0.29) is 0 Å². The van der Waals surface area contributed by atoms with Crippen LogP contribution >= 0.6 is 0 Å². The molecule has 1 aromatic carbocycles. The topological polar surface area (TPSA) is 21.6 Å². The van der Waals surface area contributed by atoms with E-state index in [9.17, 15) is 0 Å². The standard InChI is InChI=1S/C13H17NO/c1-10(2)13-14-12(9-15-13)8-11-6-4-3-5-7-11/h3-7,10,12H,8-9H2,1-2H3/t12-/m1/s1. The Morgan fingerprint density at radius 2 is 2.07 bits per heavy atom. The van der Waals surface area contributed by atoms with Gasteiger partial charge in [0.25, 0.3) is 0 Å². The molecule has 15 heavy (non-hydrogen) atoms. The monoisotopic (exact) mass is 203 g/mol. The lowest BCUT2D eigenvalue weighted by Gasteiger charge is -2.04. The Balaban J connectivity index is 1.98. The van der Waals surface area contributed by atoms with Gasteiger partial charge in [-0.05, 0) is 12.0 Å². The van der Waals surface area contributed by atoms with Gasteiger partial charge in [0.2, 0.25) is 0 Å². The molecule has 2 heteroatoms. The molecule has 0 aliphatic carbocycles. The van der Waals surface area contributed by atoms with Gasteiger partial charge in [-0.3, -0.25) is 0 Å². The first-order chi connectivity index (χ1) is 7.25. The average Bonchev–Trinajstić information content (AvgIpc) is 2.68. The fraction of sp³-hybridized carbons (Fsp3) is 0.462. The SMILES string of the molecule is CC(C)C1=N[C@H](Cc2ccccc2)CO1. The Morgan fingerprint density at radius 1 is 1.33 bits per heavy atom. The quantitative estimate of drug-likeness (QED) is 0.740. The maximum absolute atomic E-state index is 5.55. The molecule has 2 nitrogen and oxygen atoms in total. The number of rotatable bonds is 3. The smallest absolute Gasteiger partial charge is 0.186 e. The summed E-state index contributed by atoms with van der Waals surface area (Å²) in [6.45, 7) is 4.97. The highest BCUT2D eigenvalue weighted by Crippen LogP contribution is 2.15. The maximum atomic E-state index is 5.55. The number of nitrogens with zero attached hydrogens (tertiary/aromatic N) is 1. The van der Waals surface area contributed by atoms with Gasteiger partial charge >= 0.3 is 0 Å². The van der Waals surface area contributed by atoms with E-state index in [0.717, 1.165) is 18.9 Å². The van der Waals surface area contributed by atoms with Crippen LogP contribution in [-0.4, -0.2) is 18.5 Å². The first-order valence-corrected chi connectivity index (χ1v) is 5.50. The van der Waals surface area contributed by atoms with Crippen molar-refractivity contribution in [2.75, 3.05) is 6.61 Å². The molecule has 0 unspecified atom stereocenters. The van der Waals surface area contributed by atoms with Crippen molar-refractivity contribution in [1.29, 1.82) is 0 Å². The second-order valence-electron chi connectivity index (χ2n) is 4.28. The lowest BCUT2D eigenvalue weighted by Crippen LogP contribution is -2.10. The van der Waals surface area contributed by atoms with Gasteiger partial charge in [-0.25, -0.2) is 4.99 Å². The Morgan fingerprint density at radius 3 is 2.67 bits per heavy atom. The molecule has 1 aliphatic rings. The van der Waals surface area contributed by atoms with Crippen LogP contribution in [0.3, 0.4) is 0 Å². The molecule has 80 valence electrons. The molecular weight excluding hydrogens is 186 g/mol. The maximum Gasteiger partial charge on any atom is 0.186 e. The van der Waals surface area contributed by atoms with E-state index in [1.807, 2.05) is 6.07 Å². The van der Waals surface area contributed by atoms with Gasteiger partial charge in [0.1, 0.15) is 6.61 Å². The van der Waals surface area contributed by atoms with Crippen molar-refractivity contribution in [3.8, 4) is 0 Å². The Labute approximate surface area is 91.0 Å². The minimum atomic E-state index is 0.310. The number of hydrogen-bond donors (Lipinski definition) is 0. The van der Waals surface area contributed by atoms with Crippen molar-refractivity contribution in [2.24, 2.45) is 10.9 Å². The largest absolute Gasteiger partial charge is 0.478 e. The zero-order valence-corrected chi connectivity index (χ0v) is 9.31. The van der Waals surface area contributed by atoms with Gasteiger partial charge in [0.05, 0.1) is 6.04 Å². The number of benzene rings is 1. The third-order valence-electron chi connectivity index (χ3n) is 2.54. The van der Waals surface area contributed by atoms with Crippen LogP contribution in [0.4, 0.5) is 0 Å². The summed E-state index contributed by atoms with van der Waals surface area (Å²) in [7, 11) is 0. The Bertz CT molecular complexity index is 343. The van der Waals surface area contributed by atoms with Crippen LogP contribution in [-0.2, 0) is 11.2 Å². The van der Waals surface area contributed by atoms with E-state index in [1.165, 1.54) is 5.56 Å².